The van der Waals surface area contributed by atoms with E-state index in [1.54, 1.807) is 0 Å². The summed E-state index contributed by atoms with van der Waals surface area (Å²) >= 11 is 0. The number of fused-ring (bicyclic) bond motifs is 3. The highest BCUT2D eigenvalue weighted by Gasteiger charge is 2.40. The molecule has 1 aliphatic carbocycles. The third kappa shape index (κ3) is 1.42. The molecule has 0 fully saturated rings. The van der Waals surface area contributed by atoms with Crippen LogP contribution in [0, 0.1) is 6.92 Å². The summed E-state index contributed by atoms with van der Waals surface area (Å²) in [5.74, 6) is 0. The Morgan fingerprint density at radius 1 is 1.00 bits per heavy atom. The van der Waals surface area contributed by atoms with Gasteiger partial charge in [0.05, 0.1) is 0 Å². The summed E-state index contributed by atoms with van der Waals surface area (Å²) in [5.41, 5.74) is 7.43. The van der Waals surface area contributed by atoms with Crippen molar-refractivity contribution in [1.82, 2.24) is 0 Å². The van der Waals surface area contributed by atoms with E-state index in [4.69, 9.17) is 0 Å². The van der Waals surface area contributed by atoms with Crippen molar-refractivity contribution in [3.05, 3.63) is 59.2 Å². The van der Waals surface area contributed by atoms with Crippen LogP contribution in [-0.2, 0) is 5.41 Å². The molecule has 0 amide bonds. The second kappa shape index (κ2) is 4.21. The molecule has 0 spiro atoms. The molecule has 0 aromatic heterocycles. The maximum atomic E-state index is 2.96. The monoisotopic (exact) mass is 254 g/mol. The van der Waals surface area contributed by atoms with Gasteiger partial charge in [-0.05, 0) is 41.8 Å². The zero-order valence-corrected chi connectivity index (χ0v) is 12.2. The van der Waals surface area contributed by atoms with Gasteiger partial charge in [-0.25, -0.2) is 0 Å². The molecule has 0 aliphatic heterocycles. The quantitative estimate of drug-likeness (QED) is 0.690. The molecular formula is C17H19P. The van der Waals surface area contributed by atoms with E-state index >= 15 is 0 Å². The van der Waals surface area contributed by atoms with Crippen molar-refractivity contribution in [2.24, 2.45) is 0 Å². The summed E-state index contributed by atoms with van der Waals surface area (Å²) in [6, 6.07) is 15.8. The highest BCUT2D eigenvalue weighted by molar-refractivity contribution is 7.16. The lowest BCUT2D eigenvalue weighted by Crippen LogP contribution is -2.26. The first-order valence-electron chi connectivity index (χ1n) is 6.64. The van der Waals surface area contributed by atoms with Crippen LogP contribution in [0.1, 0.15) is 30.0 Å². The van der Waals surface area contributed by atoms with Crippen molar-refractivity contribution in [1.29, 1.82) is 0 Å². The molecule has 3 rings (SSSR count). The standard InChI is InChI=1S/C17H19P/c1-3-17(11-18)15-7-5-4-6-13(15)14-9-8-12(2)10-16(14)17/h4-10H,3,11,18H2,1-2H3. The summed E-state index contributed by atoms with van der Waals surface area (Å²) in [6.07, 6.45) is 2.25. The second-order valence-corrected chi connectivity index (χ2v) is 5.64. The minimum atomic E-state index is 0.197. The molecule has 0 N–H and O–H groups in total. The molecule has 0 saturated carbocycles. The summed E-state index contributed by atoms with van der Waals surface area (Å²) in [7, 11) is 2.96. The number of aryl methyl sites for hydroxylation is 1. The van der Waals surface area contributed by atoms with Gasteiger partial charge in [0, 0.05) is 5.41 Å². The molecule has 0 radical (unpaired) electrons. The smallest absolute Gasteiger partial charge is 0.0247 e. The van der Waals surface area contributed by atoms with Gasteiger partial charge in [0.1, 0.15) is 0 Å². The van der Waals surface area contributed by atoms with Crippen molar-refractivity contribution in [2.45, 2.75) is 25.7 Å². The lowest BCUT2D eigenvalue weighted by Gasteiger charge is -2.29. The van der Waals surface area contributed by atoms with Crippen LogP contribution in [0.15, 0.2) is 42.5 Å². The molecule has 0 heterocycles. The summed E-state index contributed by atoms with van der Waals surface area (Å²) in [6.45, 7) is 4.49. The molecule has 2 aromatic rings. The molecule has 1 heteroatoms. The predicted octanol–water partition coefficient (Wildman–Crippen LogP) is 4.55. The first-order valence-corrected chi connectivity index (χ1v) is 7.45. The average Bonchev–Trinajstić information content (AvgIpc) is 2.68. The van der Waals surface area contributed by atoms with Crippen LogP contribution >= 0.6 is 9.24 Å². The van der Waals surface area contributed by atoms with E-state index in [9.17, 15) is 0 Å². The largest absolute Gasteiger partial charge is 0.136 e. The maximum Gasteiger partial charge on any atom is 0.0247 e. The van der Waals surface area contributed by atoms with Gasteiger partial charge in [-0.15, -0.1) is 9.24 Å². The predicted molar refractivity (Wildman–Crippen MR) is 82.3 cm³/mol. The van der Waals surface area contributed by atoms with E-state index in [0.29, 0.717) is 0 Å². The van der Waals surface area contributed by atoms with Gasteiger partial charge in [0.15, 0.2) is 0 Å². The van der Waals surface area contributed by atoms with Crippen LogP contribution in [-0.4, -0.2) is 6.16 Å². The topological polar surface area (TPSA) is 0 Å². The van der Waals surface area contributed by atoms with Crippen LogP contribution in [0.2, 0.25) is 0 Å². The maximum absolute atomic E-state index is 2.96. The summed E-state index contributed by atoms with van der Waals surface area (Å²) < 4.78 is 0. The van der Waals surface area contributed by atoms with Crippen molar-refractivity contribution in [2.75, 3.05) is 6.16 Å². The molecule has 0 bridgehead atoms. The Labute approximate surface area is 112 Å². The van der Waals surface area contributed by atoms with Gasteiger partial charge >= 0.3 is 0 Å². The van der Waals surface area contributed by atoms with Crippen LogP contribution in [0.25, 0.3) is 11.1 Å². The number of hydrogen-bond donors (Lipinski definition) is 0. The van der Waals surface area contributed by atoms with E-state index in [-0.39, 0.29) is 5.41 Å². The lowest BCUT2D eigenvalue weighted by atomic mass is 9.77. The van der Waals surface area contributed by atoms with E-state index in [0.717, 1.165) is 12.6 Å². The Balaban J connectivity index is 2.38. The fourth-order valence-electron chi connectivity index (χ4n) is 3.31. The molecular weight excluding hydrogens is 235 g/mol. The third-order valence-corrected chi connectivity index (χ3v) is 5.07. The average molecular weight is 254 g/mol. The van der Waals surface area contributed by atoms with Crippen molar-refractivity contribution >= 4 is 9.24 Å². The van der Waals surface area contributed by atoms with Gasteiger partial charge in [0.25, 0.3) is 0 Å². The highest BCUT2D eigenvalue weighted by Crippen LogP contribution is 2.51. The molecule has 1 aliphatic rings. The number of hydrogen-bond acceptors (Lipinski definition) is 0. The summed E-state index contributed by atoms with van der Waals surface area (Å²) in [4.78, 5) is 0. The van der Waals surface area contributed by atoms with Gasteiger partial charge < -0.3 is 0 Å². The molecule has 2 unspecified atom stereocenters. The lowest BCUT2D eigenvalue weighted by molar-refractivity contribution is 0.574. The van der Waals surface area contributed by atoms with Crippen molar-refractivity contribution < 1.29 is 0 Å². The van der Waals surface area contributed by atoms with Gasteiger partial charge in [-0.1, -0.05) is 55.0 Å². The van der Waals surface area contributed by atoms with E-state index < -0.39 is 0 Å². The zero-order valence-electron chi connectivity index (χ0n) is 11.0. The molecule has 0 saturated heterocycles. The second-order valence-electron chi connectivity index (χ2n) is 5.23. The number of rotatable bonds is 2. The molecule has 0 nitrogen and oxygen atoms in total. The van der Waals surface area contributed by atoms with Crippen LogP contribution < -0.4 is 0 Å². The van der Waals surface area contributed by atoms with Gasteiger partial charge in [-0.3, -0.25) is 0 Å². The molecule has 2 atom stereocenters. The minimum absolute atomic E-state index is 0.197. The van der Waals surface area contributed by atoms with Crippen LogP contribution in [0.3, 0.4) is 0 Å². The molecule has 92 valence electrons. The summed E-state index contributed by atoms with van der Waals surface area (Å²) in [5, 5.41) is 0. The van der Waals surface area contributed by atoms with Crippen LogP contribution in [0.5, 0.6) is 0 Å². The first-order chi connectivity index (χ1) is 8.73. The first kappa shape index (κ1) is 11.9. The van der Waals surface area contributed by atoms with E-state index in [1.165, 1.54) is 27.8 Å². The Morgan fingerprint density at radius 2 is 1.72 bits per heavy atom. The third-order valence-electron chi connectivity index (χ3n) is 4.38. The minimum Gasteiger partial charge on any atom is -0.136 e. The SMILES string of the molecule is CCC1(CP)c2ccccc2-c2ccc(C)cc21. The normalized spacial score (nSPS) is 20.6. The fraction of sp³-hybridized carbons (Fsp3) is 0.294. The van der Waals surface area contributed by atoms with Crippen LogP contribution in [0.4, 0.5) is 0 Å². The van der Waals surface area contributed by atoms with Gasteiger partial charge in [0.2, 0.25) is 0 Å². The Hall–Kier alpha value is -1.13. The molecule has 18 heavy (non-hydrogen) atoms. The van der Waals surface area contributed by atoms with Crippen molar-refractivity contribution in [3.63, 3.8) is 0 Å². The zero-order chi connectivity index (χ0) is 12.8. The highest BCUT2D eigenvalue weighted by atomic mass is 31.0. The van der Waals surface area contributed by atoms with Gasteiger partial charge in [-0.2, -0.15) is 0 Å². The Bertz CT molecular complexity index is 594. The van der Waals surface area contributed by atoms with E-state index in [1.807, 2.05) is 0 Å². The van der Waals surface area contributed by atoms with Crippen molar-refractivity contribution in [3.8, 4) is 11.1 Å². The van der Waals surface area contributed by atoms with E-state index in [2.05, 4.69) is 65.6 Å². The molecule has 2 aromatic carbocycles. The Morgan fingerprint density at radius 3 is 2.44 bits per heavy atom. The Kier molecular flexibility index (Phi) is 2.79. The number of benzene rings is 2. The fourth-order valence-corrected chi connectivity index (χ4v) is 4.04.